The molecule has 2 aliphatic carbocycles. The molecule has 2 N–H and O–H groups in total. The molecule has 2 saturated carbocycles. The third kappa shape index (κ3) is 4.73. The van der Waals surface area contributed by atoms with Crippen LogP contribution in [-0.2, 0) is 4.79 Å². The number of carbonyl (C=O) groups excluding carboxylic acids is 2. The van der Waals surface area contributed by atoms with Gasteiger partial charge in [-0.3, -0.25) is 9.59 Å². The SMILES string of the molecule is C[C@H]1[C@@H]2[C@@H](O)[C@H]([C@H](C)C(=O)N3CCCCC3)CC[C@@]2(C)CC[C@@H]1NC(=O)c1ccc(C#N)cc1. The first-order valence-corrected chi connectivity index (χ1v) is 13.0. The Morgan fingerprint density at radius 1 is 1.15 bits per heavy atom. The van der Waals surface area contributed by atoms with E-state index < -0.39 is 6.10 Å². The Morgan fingerprint density at radius 2 is 1.79 bits per heavy atom. The average molecular weight is 466 g/mol. The Morgan fingerprint density at radius 3 is 2.44 bits per heavy atom. The number of nitrogens with zero attached hydrogens (tertiary/aromatic N) is 2. The first kappa shape index (κ1) is 24.7. The third-order valence-corrected chi connectivity index (χ3v) is 9.18. The summed E-state index contributed by atoms with van der Waals surface area (Å²) in [4.78, 5) is 28.1. The van der Waals surface area contributed by atoms with Gasteiger partial charge in [0.2, 0.25) is 5.91 Å². The van der Waals surface area contributed by atoms with Crippen LogP contribution < -0.4 is 5.32 Å². The molecule has 1 aromatic carbocycles. The lowest BCUT2D eigenvalue weighted by atomic mass is 9.51. The van der Waals surface area contributed by atoms with Gasteiger partial charge in [-0.2, -0.15) is 5.26 Å². The Kier molecular flexibility index (Phi) is 7.33. The second kappa shape index (κ2) is 10.1. The first-order chi connectivity index (χ1) is 16.2. The van der Waals surface area contributed by atoms with Gasteiger partial charge in [-0.05, 0) is 92.4 Å². The van der Waals surface area contributed by atoms with Crippen molar-refractivity contribution in [2.75, 3.05) is 13.1 Å². The second-order valence-corrected chi connectivity index (χ2v) is 11.2. The molecule has 1 heterocycles. The van der Waals surface area contributed by atoms with Crippen LogP contribution in [0, 0.1) is 40.4 Å². The largest absolute Gasteiger partial charge is 0.392 e. The highest BCUT2D eigenvalue weighted by molar-refractivity contribution is 5.94. The van der Waals surface area contributed by atoms with Crippen LogP contribution in [-0.4, -0.2) is 47.1 Å². The highest BCUT2D eigenvalue weighted by Gasteiger charge is 2.54. The van der Waals surface area contributed by atoms with Crippen LogP contribution in [0.1, 0.15) is 81.6 Å². The number of aliphatic hydroxyl groups is 1. The van der Waals surface area contributed by atoms with E-state index >= 15 is 0 Å². The van der Waals surface area contributed by atoms with E-state index in [4.69, 9.17) is 5.26 Å². The van der Waals surface area contributed by atoms with Crippen molar-refractivity contribution in [2.45, 2.75) is 77.9 Å². The number of hydrogen-bond acceptors (Lipinski definition) is 4. The number of carbonyl (C=O) groups is 2. The van der Waals surface area contributed by atoms with Crippen LogP contribution in [0.2, 0.25) is 0 Å². The zero-order valence-corrected chi connectivity index (χ0v) is 20.8. The number of aliphatic hydroxyl groups excluding tert-OH is 1. The quantitative estimate of drug-likeness (QED) is 0.699. The number of nitriles is 1. The average Bonchev–Trinajstić information content (AvgIpc) is 2.85. The number of fused-ring (bicyclic) bond motifs is 1. The highest BCUT2D eigenvalue weighted by Crippen LogP contribution is 2.55. The molecule has 2 amide bonds. The fourth-order valence-electron chi connectivity index (χ4n) is 7.03. The number of amides is 2. The zero-order valence-electron chi connectivity index (χ0n) is 20.8. The maximum Gasteiger partial charge on any atom is 0.251 e. The molecule has 7 atom stereocenters. The van der Waals surface area contributed by atoms with Crippen LogP contribution in [0.15, 0.2) is 24.3 Å². The Bertz CT molecular complexity index is 933. The molecule has 0 aromatic heterocycles. The molecule has 6 heteroatoms. The summed E-state index contributed by atoms with van der Waals surface area (Å²) >= 11 is 0. The Hall–Kier alpha value is -2.39. The number of hydrogen-bond donors (Lipinski definition) is 2. The lowest BCUT2D eigenvalue weighted by Crippen LogP contribution is -2.58. The van der Waals surface area contributed by atoms with E-state index in [-0.39, 0.29) is 46.9 Å². The summed E-state index contributed by atoms with van der Waals surface area (Å²) in [5, 5.41) is 23.8. The topological polar surface area (TPSA) is 93.4 Å². The summed E-state index contributed by atoms with van der Waals surface area (Å²) < 4.78 is 0. The maximum absolute atomic E-state index is 13.2. The molecule has 4 rings (SSSR count). The van der Waals surface area contributed by atoms with E-state index in [1.54, 1.807) is 24.3 Å². The summed E-state index contributed by atoms with van der Waals surface area (Å²) in [5.41, 5.74) is 1.10. The van der Waals surface area contributed by atoms with Gasteiger partial charge in [0.25, 0.3) is 5.91 Å². The number of rotatable bonds is 4. The van der Waals surface area contributed by atoms with E-state index in [1.807, 2.05) is 11.8 Å². The molecule has 0 unspecified atom stereocenters. The van der Waals surface area contributed by atoms with Gasteiger partial charge in [0.15, 0.2) is 0 Å². The molecule has 1 aliphatic heterocycles. The fraction of sp³-hybridized carbons (Fsp3) is 0.679. The minimum absolute atomic E-state index is 0.0253. The van der Waals surface area contributed by atoms with Crippen LogP contribution in [0.4, 0.5) is 0 Å². The smallest absolute Gasteiger partial charge is 0.251 e. The fourth-order valence-corrected chi connectivity index (χ4v) is 7.03. The number of likely N-dealkylation sites (tertiary alicyclic amines) is 1. The number of benzene rings is 1. The van der Waals surface area contributed by atoms with Gasteiger partial charge in [-0.15, -0.1) is 0 Å². The molecule has 184 valence electrons. The standard InChI is InChI=1S/C28H39N3O3/c1-18(27(34)31-15-5-4-6-16-31)22-11-13-28(3)14-12-23(19(2)24(28)25(22)32)30-26(33)21-9-7-20(17-29)8-10-21/h7-10,18-19,22-25,32H,4-6,11-16H2,1-3H3,(H,30,33)/t18-,19+,22-,23-,24+,25-,28-/m0/s1. The zero-order chi connectivity index (χ0) is 24.5. The van der Waals surface area contributed by atoms with Gasteiger partial charge in [0.05, 0.1) is 17.7 Å². The van der Waals surface area contributed by atoms with Crippen molar-refractivity contribution >= 4 is 11.8 Å². The molecule has 3 fully saturated rings. The van der Waals surface area contributed by atoms with Crippen LogP contribution in [0.5, 0.6) is 0 Å². The van der Waals surface area contributed by atoms with Gasteiger partial charge in [0.1, 0.15) is 0 Å². The van der Waals surface area contributed by atoms with Gasteiger partial charge in [0, 0.05) is 30.6 Å². The number of piperidine rings is 1. The summed E-state index contributed by atoms with van der Waals surface area (Å²) in [7, 11) is 0. The van der Waals surface area contributed by atoms with Crippen molar-refractivity contribution in [3.63, 3.8) is 0 Å². The monoisotopic (exact) mass is 465 g/mol. The van der Waals surface area contributed by atoms with Gasteiger partial charge in [-0.25, -0.2) is 0 Å². The van der Waals surface area contributed by atoms with Crippen LogP contribution in [0.3, 0.4) is 0 Å². The molecular formula is C28H39N3O3. The van der Waals surface area contributed by atoms with E-state index in [9.17, 15) is 14.7 Å². The minimum atomic E-state index is -0.549. The molecule has 3 aliphatic rings. The molecule has 1 aromatic rings. The molecule has 0 spiro atoms. The summed E-state index contributed by atoms with van der Waals surface area (Å²) in [6, 6.07) is 8.74. The predicted molar refractivity (Wildman–Crippen MR) is 131 cm³/mol. The van der Waals surface area contributed by atoms with E-state index in [2.05, 4.69) is 25.2 Å². The third-order valence-electron chi connectivity index (χ3n) is 9.18. The normalized spacial score (nSPS) is 34.4. The highest BCUT2D eigenvalue weighted by atomic mass is 16.3. The van der Waals surface area contributed by atoms with Gasteiger partial charge < -0.3 is 15.3 Å². The van der Waals surface area contributed by atoms with E-state index in [0.29, 0.717) is 11.1 Å². The van der Waals surface area contributed by atoms with Crippen LogP contribution in [0.25, 0.3) is 0 Å². The Balaban J connectivity index is 1.46. The van der Waals surface area contributed by atoms with Crippen molar-refractivity contribution in [1.29, 1.82) is 5.26 Å². The lowest BCUT2D eigenvalue weighted by molar-refractivity contribution is -0.150. The Labute approximate surface area is 203 Å². The van der Waals surface area contributed by atoms with Crippen LogP contribution >= 0.6 is 0 Å². The van der Waals surface area contributed by atoms with Gasteiger partial charge >= 0.3 is 0 Å². The van der Waals surface area contributed by atoms with E-state index in [0.717, 1.165) is 51.6 Å². The number of nitrogens with one attached hydrogen (secondary N) is 1. The molecule has 34 heavy (non-hydrogen) atoms. The summed E-state index contributed by atoms with van der Waals surface area (Å²) in [6.07, 6.45) is 6.52. The molecule has 6 nitrogen and oxygen atoms in total. The van der Waals surface area contributed by atoms with Crippen molar-refractivity contribution in [3.05, 3.63) is 35.4 Å². The summed E-state index contributed by atoms with van der Waals surface area (Å²) in [6.45, 7) is 8.11. The molecule has 0 bridgehead atoms. The first-order valence-electron chi connectivity index (χ1n) is 13.0. The maximum atomic E-state index is 13.2. The van der Waals surface area contributed by atoms with Crippen molar-refractivity contribution in [2.24, 2.45) is 29.1 Å². The van der Waals surface area contributed by atoms with Crippen molar-refractivity contribution < 1.29 is 14.7 Å². The molecule has 1 saturated heterocycles. The van der Waals surface area contributed by atoms with E-state index in [1.165, 1.54) is 6.42 Å². The predicted octanol–water partition coefficient (Wildman–Crippen LogP) is 4.13. The molecular weight excluding hydrogens is 426 g/mol. The van der Waals surface area contributed by atoms with Crippen molar-refractivity contribution in [1.82, 2.24) is 10.2 Å². The van der Waals surface area contributed by atoms with Crippen molar-refractivity contribution in [3.8, 4) is 6.07 Å². The lowest BCUT2D eigenvalue weighted by Gasteiger charge is -2.56. The second-order valence-electron chi connectivity index (χ2n) is 11.2. The molecule has 0 radical (unpaired) electrons. The minimum Gasteiger partial charge on any atom is -0.392 e. The van der Waals surface area contributed by atoms with Gasteiger partial charge in [-0.1, -0.05) is 20.8 Å². The summed E-state index contributed by atoms with van der Waals surface area (Å²) in [5.74, 6) is -0.0117.